The number of Topliss-reactive ketones (excluding diaryl/α,β-unsaturated/α-hetero) is 1. The maximum absolute atomic E-state index is 13.0. The Labute approximate surface area is 282 Å². The molecule has 0 bridgehead atoms. The van der Waals surface area contributed by atoms with Crippen LogP contribution in [0.25, 0.3) is 21.9 Å². The number of hydrogen-bond acceptors (Lipinski definition) is 4. The lowest BCUT2D eigenvalue weighted by molar-refractivity contribution is -0.121. The van der Waals surface area contributed by atoms with Crippen LogP contribution >= 0.6 is 0 Å². The molecule has 0 saturated heterocycles. The van der Waals surface area contributed by atoms with Gasteiger partial charge in [-0.1, -0.05) is 140 Å². The Morgan fingerprint density at radius 2 is 1.17 bits per heavy atom. The van der Waals surface area contributed by atoms with Crippen LogP contribution in [0.15, 0.2) is 84.9 Å². The van der Waals surface area contributed by atoms with E-state index in [1.165, 1.54) is 51.4 Å². The molecule has 0 unspecified atom stereocenters. The molecule has 0 N–H and O–H groups in total. The molecule has 4 rings (SSSR count). The minimum Gasteiger partial charge on any atom is -0.494 e. The maximum atomic E-state index is 13.0. The van der Waals surface area contributed by atoms with Crippen molar-refractivity contribution >= 4 is 22.5 Å². The summed E-state index contributed by atoms with van der Waals surface area (Å²) in [5, 5.41) is 1.99. The molecule has 0 aliphatic carbocycles. The molecule has 0 fully saturated rings. The molecule has 47 heavy (non-hydrogen) atoms. The van der Waals surface area contributed by atoms with E-state index in [9.17, 15) is 9.59 Å². The topological polar surface area (TPSA) is 52.6 Å². The van der Waals surface area contributed by atoms with E-state index >= 15 is 0 Å². The lowest BCUT2D eigenvalue weighted by Crippen LogP contribution is -2.14. The van der Waals surface area contributed by atoms with Gasteiger partial charge in [0.25, 0.3) is 0 Å². The number of carbonyl (C=O) groups excluding carboxylic acids is 2. The molecule has 250 valence electrons. The van der Waals surface area contributed by atoms with Crippen LogP contribution in [0.4, 0.5) is 0 Å². The van der Waals surface area contributed by atoms with Crippen LogP contribution in [0, 0.1) is 5.92 Å². The Morgan fingerprint density at radius 3 is 1.81 bits per heavy atom. The van der Waals surface area contributed by atoms with Gasteiger partial charge in [-0.25, -0.2) is 4.79 Å². The van der Waals surface area contributed by atoms with Crippen LogP contribution in [0.5, 0.6) is 11.5 Å². The van der Waals surface area contributed by atoms with E-state index in [0.717, 1.165) is 59.1 Å². The molecule has 4 nitrogen and oxygen atoms in total. The van der Waals surface area contributed by atoms with E-state index in [0.29, 0.717) is 29.4 Å². The highest BCUT2D eigenvalue weighted by atomic mass is 16.5. The average Bonchev–Trinajstić information content (AvgIpc) is 3.11. The second kappa shape index (κ2) is 19.0. The number of fused-ring (bicyclic) bond motifs is 1. The number of benzene rings is 4. The summed E-state index contributed by atoms with van der Waals surface area (Å²) in [6.07, 6.45) is 14.4. The zero-order chi connectivity index (χ0) is 33.4. The third-order valence-corrected chi connectivity index (χ3v) is 9.50. The maximum Gasteiger partial charge on any atom is 0.343 e. The summed E-state index contributed by atoms with van der Waals surface area (Å²) in [4.78, 5) is 25.8. The van der Waals surface area contributed by atoms with Crippen LogP contribution in [0.2, 0.25) is 0 Å². The van der Waals surface area contributed by atoms with Crippen LogP contribution in [0.3, 0.4) is 0 Å². The highest BCUT2D eigenvalue weighted by Gasteiger charge is 2.19. The third kappa shape index (κ3) is 11.1. The van der Waals surface area contributed by atoms with E-state index < -0.39 is 5.97 Å². The van der Waals surface area contributed by atoms with Gasteiger partial charge in [-0.05, 0) is 76.2 Å². The molecule has 0 aliphatic heterocycles. The Hall–Kier alpha value is -3.92. The highest BCUT2D eigenvalue weighted by molar-refractivity contribution is 5.93. The van der Waals surface area contributed by atoms with Gasteiger partial charge in [-0.2, -0.15) is 0 Å². The lowest BCUT2D eigenvalue weighted by Gasteiger charge is -2.16. The van der Waals surface area contributed by atoms with E-state index in [2.05, 4.69) is 39.0 Å². The Bertz CT molecular complexity index is 1530. The second-order valence-corrected chi connectivity index (χ2v) is 13.0. The van der Waals surface area contributed by atoms with Crippen molar-refractivity contribution in [2.24, 2.45) is 5.92 Å². The first-order valence-corrected chi connectivity index (χ1v) is 18.0. The van der Waals surface area contributed by atoms with Crippen molar-refractivity contribution in [3.63, 3.8) is 0 Å². The van der Waals surface area contributed by atoms with Crippen LogP contribution < -0.4 is 9.47 Å². The Morgan fingerprint density at radius 1 is 0.617 bits per heavy atom. The summed E-state index contributed by atoms with van der Waals surface area (Å²) in [6.45, 7) is 9.31. The van der Waals surface area contributed by atoms with Crippen molar-refractivity contribution < 1.29 is 19.1 Å². The second-order valence-electron chi connectivity index (χ2n) is 13.0. The van der Waals surface area contributed by atoms with Crippen molar-refractivity contribution in [1.29, 1.82) is 0 Å². The molecule has 1 atom stereocenters. The van der Waals surface area contributed by atoms with Gasteiger partial charge < -0.3 is 9.47 Å². The van der Waals surface area contributed by atoms with Crippen molar-refractivity contribution in [3.8, 4) is 22.6 Å². The van der Waals surface area contributed by atoms with E-state index in [-0.39, 0.29) is 5.92 Å². The molecule has 4 aromatic carbocycles. The molecule has 0 saturated carbocycles. The zero-order valence-electron chi connectivity index (χ0n) is 29.1. The minimum atomic E-state index is -0.395. The number of hydrogen-bond donors (Lipinski definition) is 0. The summed E-state index contributed by atoms with van der Waals surface area (Å²) in [7, 11) is 0. The van der Waals surface area contributed by atoms with Gasteiger partial charge in [-0.15, -0.1) is 0 Å². The molecule has 0 radical (unpaired) electrons. The van der Waals surface area contributed by atoms with Crippen molar-refractivity contribution in [2.75, 3.05) is 6.61 Å². The Kier molecular flexibility index (Phi) is 14.5. The number of ketones is 1. The highest BCUT2D eigenvalue weighted by Crippen LogP contribution is 2.29. The largest absolute Gasteiger partial charge is 0.494 e. The van der Waals surface area contributed by atoms with Gasteiger partial charge in [0, 0.05) is 12.3 Å². The predicted molar refractivity (Wildman–Crippen MR) is 196 cm³/mol. The third-order valence-electron chi connectivity index (χ3n) is 9.50. The lowest BCUT2D eigenvalue weighted by atomic mass is 9.87. The molecule has 4 aromatic rings. The summed E-state index contributed by atoms with van der Waals surface area (Å²) >= 11 is 0. The van der Waals surface area contributed by atoms with E-state index in [1.807, 2.05) is 61.5 Å². The minimum absolute atomic E-state index is 0.138. The summed E-state index contributed by atoms with van der Waals surface area (Å²) in [5.74, 6) is 1.59. The van der Waals surface area contributed by atoms with E-state index in [1.54, 1.807) is 12.1 Å². The van der Waals surface area contributed by atoms with Crippen LogP contribution in [0.1, 0.15) is 127 Å². The number of carbonyl (C=O) groups is 2. The first kappa shape index (κ1) is 35.9. The molecular weight excluding hydrogens is 580 g/mol. The van der Waals surface area contributed by atoms with Crippen LogP contribution in [-0.4, -0.2) is 18.4 Å². The van der Waals surface area contributed by atoms with Gasteiger partial charge in [0.15, 0.2) is 0 Å². The standard InChI is InChI=1S/C43H54O4/c1-5-8-9-10-11-12-13-14-15-28-46-40-25-22-35(23-26-40)34-16-18-36(19-17-34)43(45)47-41-27-24-38-30-37(20-21-39(38)31-41)32(4)42(44)29-33(6-2)7-3/h16-27,30-33H,5-15,28-29H2,1-4H3/t32-/m0/s1. The van der Waals surface area contributed by atoms with Crippen molar-refractivity contribution in [1.82, 2.24) is 0 Å². The summed E-state index contributed by atoms with van der Waals surface area (Å²) in [5.41, 5.74) is 3.62. The monoisotopic (exact) mass is 634 g/mol. The number of rotatable bonds is 20. The fraction of sp³-hybridized carbons (Fsp3) is 0.442. The molecule has 0 aromatic heterocycles. The average molecular weight is 635 g/mol. The SMILES string of the molecule is CCCCCCCCCCCOc1ccc(-c2ccc(C(=O)Oc3ccc4cc([C@H](C)C(=O)CC(CC)CC)ccc4c3)cc2)cc1. The quantitative estimate of drug-likeness (QED) is 0.0551. The first-order valence-electron chi connectivity index (χ1n) is 18.0. The normalized spacial score (nSPS) is 11.9. The predicted octanol–water partition coefficient (Wildman–Crippen LogP) is 12.1. The smallest absolute Gasteiger partial charge is 0.343 e. The molecule has 0 heterocycles. The van der Waals surface area contributed by atoms with Gasteiger partial charge in [-0.3, -0.25) is 4.79 Å². The van der Waals surface area contributed by atoms with Gasteiger partial charge in [0.1, 0.15) is 17.3 Å². The molecular formula is C43H54O4. The summed E-state index contributed by atoms with van der Waals surface area (Å²) in [6, 6.07) is 27.4. The van der Waals surface area contributed by atoms with Gasteiger partial charge in [0.05, 0.1) is 12.2 Å². The molecule has 0 aliphatic rings. The first-order chi connectivity index (χ1) is 22.9. The van der Waals surface area contributed by atoms with Gasteiger partial charge >= 0.3 is 5.97 Å². The van der Waals surface area contributed by atoms with E-state index in [4.69, 9.17) is 9.47 Å². The zero-order valence-corrected chi connectivity index (χ0v) is 29.1. The van der Waals surface area contributed by atoms with Crippen LogP contribution in [-0.2, 0) is 4.79 Å². The number of unbranched alkanes of at least 4 members (excludes halogenated alkanes) is 8. The summed E-state index contributed by atoms with van der Waals surface area (Å²) < 4.78 is 11.7. The molecule has 0 spiro atoms. The fourth-order valence-corrected chi connectivity index (χ4v) is 6.11. The van der Waals surface area contributed by atoms with Crippen molar-refractivity contribution in [2.45, 2.75) is 111 Å². The number of ether oxygens (including phenoxy) is 2. The molecule has 0 amide bonds. The molecule has 4 heteroatoms. The van der Waals surface area contributed by atoms with Gasteiger partial charge in [0.2, 0.25) is 0 Å². The van der Waals surface area contributed by atoms with Crippen molar-refractivity contribution in [3.05, 3.63) is 96.1 Å². The Balaban J connectivity index is 1.25. The number of esters is 1. The fourth-order valence-electron chi connectivity index (χ4n) is 6.11.